The molecule has 0 saturated heterocycles. The van der Waals surface area contributed by atoms with Crippen LogP contribution in [0.15, 0.2) is 60.7 Å². The number of nitrogens with zero attached hydrogens (tertiary/aromatic N) is 1. The molecular formula is C21H25NO. The van der Waals surface area contributed by atoms with Crippen molar-refractivity contribution in [2.75, 3.05) is 0 Å². The quantitative estimate of drug-likeness (QED) is 0.771. The van der Waals surface area contributed by atoms with Gasteiger partial charge in [-0.15, -0.1) is 0 Å². The zero-order valence-corrected chi connectivity index (χ0v) is 14.0. The average Bonchev–Trinajstić information content (AvgIpc) is 3.02. The maximum Gasteiger partial charge on any atom is 0.254 e. The fourth-order valence-electron chi connectivity index (χ4n) is 3.71. The van der Waals surface area contributed by atoms with Gasteiger partial charge in [0, 0.05) is 11.6 Å². The Morgan fingerprint density at radius 1 is 1.00 bits per heavy atom. The fraction of sp³-hybridized carbons (Fsp3) is 0.381. The number of rotatable bonds is 4. The fourth-order valence-corrected chi connectivity index (χ4v) is 3.71. The average molecular weight is 307 g/mol. The third-order valence-electron chi connectivity index (χ3n) is 5.02. The second-order valence-corrected chi connectivity index (χ2v) is 6.74. The van der Waals surface area contributed by atoms with Crippen molar-refractivity contribution in [1.29, 1.82) is 0 Å². The molecule has 0 N–H and O–H groups in total. The summed E-state index contributed by atoms with van der Waals surface area (Å²) >= 11 is 0. The summed E-state index contributed by atoms with van der Waals surface area (Å²) in [5, 5.41) is 0. The van der Waals surface area contributed by atoms with Crippen molar-refractivity contribution in [3.8, 4) is 0 Å². The van der Waals surface area contributed by atoms with Crippen molar-refractivity contribution in [3.05, 3.63) is 71.8 Å². The van der Waals surface area contributed by atoms with Gasteiger partial charge in [-0.2, -0.15) is 0 Å². The van der Waals surface area contributed by atoms with Gasteiger partial charge in [0.1, 0.15) is 0 Å². The van der Waals surface area contributed by atoms with Crippen LogP contribution < -0.4 is 0 Å². The van der Waals surface area contributed by atoms with Crippen LogP contribution in [0.4, 0.5) is 0 Å². The highest BCUT2D eigenvalue weighted by Crippen LogP contribution is 2.35. The molecule has 1 aliphatic carbocycles. The van der Waals surface area contributed by atoms with E-state index >= 15 is 0 Å². The van der Waals surface area contributed by atoms with Crippen LogP contribution in [0.1, 0.15) is 55.1 Å². The summed E-state index contributed by atoms with van der Waals surface area (Å²) < 4.78 is 0. The lowest BCUT2D eigenvalue weighted by Gasteiger charge is -2.35. The molecule has 1 saturated carbocycles. The third kappa shape index (κ3) is 3.47. The first-order chi connectivity index (χ1) is 11.2. The molecule has 2 nitrogen and oxygen atoms in total. The summed E-state index contributed by atoms with van der Waals surface area (Å²) in [6.45, 7) is 4.44. The van der Waals surface area contributed by atoms with E-state index in [2.05, 4.69) is 30.9 Å². The third-order valence-corrected chi connectivity index (χ3v) is 5.02. The van der Waals surface area contributed by atoms with Crippen LogP contribution in [0.3, 0.4) is 0 Å². The van der Waals surface area contributed by atoms with Crippen LogP contribution in [0.25, 0.3) is 0 Å². The minimum Gasteiger partial charge on any atom is -0.329 e. The number of hydrogen-bond acceptors (Lipinski definition) is 1. The SMILES string of the molecule is CC1CCC(N(C(=O)c2ccccc2)C(C)c2ccccc2)C1. The predicted molar refractivity (Wildman–Crippen MR) is 94.3 cm³/mol. The van der Waals surface area contributed by atoms with Crippen molar-refractivity contribution >= 4 is 5.91 Å². The second kappa shape index (κ2) is 6.99. The normalized spacial score (nSPS) is 21.8. The Balaban J connectivity index is 1.92. The summed E-state index contributed by atoms with van der Waals surface area (Å²) in [6, 6.07) is 20.5. The van der Waals surface area contributed by atoms with Crippen LogP contribution >= 0.6 is 0 Å². The van der Waals surface area contributed by atoms with E-state index in [1.807, 2.05) is 48.5 Å². The van der Waals surface area contributed by atoms with E-state index < -0.39 is 0 Å². The van der Waals surface area contributed by atoms with Crippen molar-refractivity contribution in [1.82, 2.24) is 4.90 Å². The largest absolute Gasteiger partial charge is 0.329 e. The highest BCUT2D eigenvalue weighted by Gasteiger charge is 2.34. The number of amides is 1. The van der Waals surface area contributed by atoms with Crippen molar-refractivity contribution in [2.45, 2.75) is 45.2 Å². The Labute approximate surface area is 139 Å². The van der Waals surface area contributed by atoms with E-state index in [9.17, 15) is 4.79 Å². The Kier molecular flexibility index (Phi) is 4.80. The maximum atomic E-state index is 13.2. The number of carbonyl (C=O) groups is 1. The van der Waals surface area contributed by atoms with Gasteiger partial charge in [0.05, 0.1) is 6.04 Å². The van der Waals surface area contributed by atoms with Gasteiger partial charge in [-0.05, 0) is 49.8 Å². The number of hydrogen-bond donors (Lipinski definition) is 0. The molecule has 120 valence electrons. The second-order valence-electron chi connectivity index (χ2n) is 6.74. The summed E-state index contributed by atoms with van der Waals surface area (Å²) in [6.07, 6.45) is 3.43. The molecule has 2 aromatic rings. The first-order valence-electron chi connectivity index (χ1n) is 8.59. The van der Waals surface area contributed by atoms with E-state index in [0.29, 0.717) is 12.0 Å². The Hall–Kier alpha value is -2.09. The molecule has 1 amide bonds. The van der Waals surface area contributed by atoms with E-state index in [-0.39, 0.29) is 11.9 Å². The molecule has 2 heteroatoms. The van der Waals surface area contributed by atoms with Crippen molar-refractivity contribution in [2.24, 2.45) is 5.92 Å². The minimum atomic E-state index is 0.0965. The smallest absolute Gasteiger partial charge is 0.254 e. The highest BCUT2D eigenvalue weighted by molar-refractivity contribution is 5.94. The van der Waals surface area contributed by atoms with Crippen LogP contribution in [0.5, 0.6) is 0 Å². The predicted octanol–water partition coefficient (Wildman–Crippen LogP) is 5.08. The van der Waals surface area contributed by atoms with Gasteiger partial charge in [0.15, 0.2) is 0 Å². The summed E-state index contributed by atoms with van der Waals surface area (Å²) in [7, 11) is 0. The Morgan fingerprint density at radius 2 is 1.61 bits per heavy atom. The summed E-state index contributed by atoms with van der Waals surface area (Å²) in [4.78, 5) is 15.3. The van der Waals surface area contributed by atoms with Crippen LogP contribution in [0.2, 0.25) is 0 Å². The van der Waals surface area contributed by atoms with E-state index in [4.69, 9.17) is 0 Å². The molecule has 1 fully saturated rings. The van der Waals surface area contributed by atoms with Gasteiger partial charge in [0.25, 0.3) is 5.91 Å². The van der Waals surface area contributed by atoms with E-state index in [0.717, 1.165) is 18.4 Å². The summed E-state index contributed by atoms with van der Waals surface area (Å²) in [5.74, 6) is 0.857. The molecule has 0 spiro atoms. The van der Waals surface area contributed by atoms with Crippen LogP contribution in [-0.4, -0.2) is 16.8 Å². The van der Waals surface area contributed by atoms with Gasteiger partial charge >= 0.3 is 0 Å². The molecule has 1 aliphatic rings. The molecule has 0 radical (unpaired) electrons. The number of carbonyl (C=O) groups excluding carboxylic acids is 1. The molecule has 0 bridgehead atoms. The summed E-state index contributed by atoms with van der Waals surface area (Å²) in [5.41, 5.74) is 1.99. The zero-order chi connectivity index (χ0) is 16.2. The molecule has 3 atom stereocenters. The minimum absolute atomic E-state index is 0.0965. The molecule has 0 heterocycles. The molecule has 3 unspecified atom stereocenters. The molecule has 3 rings (SSSR count). The lowest BCUT2D eigenvalue weighted by molar-refractivity contribution is 0.0588. The number of benzene rings is 2. The standard InChI is InChI=1S/C21H25NO/c1-16-13-14-20(15-16)22(17(2)18-9-5-3-6-10-18)21(23)19-11-7-4-8-12-19/h3-12,16-17,20H,13-15H2,1-2H3. The lowest BCUT2D eigenvalue weighted by atomic mass is 10.0. The highest BCUT2D eigenvalue weighted by atomic mass is 16.2. The van der Waals surface area contributed by atoms with Gasteiger partial charge in [-0.25, -0.2) is 0 Å². The maximum absolute atomic E-state index is 13.2. The van der Waals surface area contributed by atoms with Crippen molar-refractivity contribution in [3.63, 3.8) is 0 Å². The van der Waals surface area contributed by atoms with Crippen LogP contribution in [0, 0.1) is 5.92 Å². The molecule has 0 aromatic heterocycles. The lowest BCUT2D eigenvalue weighted by Crippen LogP contribution is -2.41. The van der Waals surface area contributed by atoms with Gasteiger partial charge in [0.2, 0.25) is 0 Å². The van der Waals surface area contributed by atoms with E-state index in [1.54, 1.807) is 0 Å². The molecule has 23 heavy (non-hydrogen) atoms. The molecule has 2 aromatic carbocycles. The first-order valence-corrected chi connectivity index (χ1v) is 8.59. The first kappa shape index (κ1) is 15.8. The van der Waals surface area contributed by atoms with Crippen molar-refractivity contribution < 1.29 is 4.79 Å². The monoisotopic (exact) mass is 307 g/mol. The molecular weight excluding hydrogens is 282 g/mol. The Morgan fingerprint density at radius 3 is 2.17 bits per heavy atom. The molecule has 0 aliphatic heterocycles. The Bertz CT molecular complexity index is 637. The van der Waals surface area contributed by atoms with Gasteiger partial charge in [-0.3, -0.25) is 4.79 Å². The van der Waals surface area contributed by atoms with E-state index in [1.165, 1.54) is 12.0 Å². The van der Waals surface area contributed by atoms with Gasteiger partial charge < -0.3 is 4.90 Å². The van der Waals surface area contributed by atoms with Gasteiger partial charge in [-0.1, -0.05) is 55.5 Å². The topological polar surface area (TPSA) is 20.3 Å². The zero-order valence-electron chi connectivity index (χ0n) is 14.0. The van der Waals surface area contributed by atoms with Crippen LogP contribution in [-0.2, 0) is 0 Å².